The van der Waals surface area contributed by atoms with E-state index in [0.717, 1.165) is 31.6 Å². The Labute approximate surface area is 113 Å². The van der Waals surface area contributed by atoms with Crippen LogP contribution in [0.15, 0.2) is 11.6 Å². The van der Waals surface area contributed by atoms with E-state index in [4.69, 9.17) is 0 Å². The molecule has 2 bridgehead atoms. The lowest BCUT2D eigenvalue weighted by molar-refractivity contribution is -0.134. The Morgan fingerprint density at radius 2 is 2.37 bits per heavy atom. The summed E-state index contributed by atoms with van der Waals surface area (Å²) in [5.41, 5.74) is 1.06. The second kappa shape index (κ2) is 4.96. The number of hydrogen-bond acceptors (Lipinski definition) is 3. The maximum Gasteiger partial charge on any atom is 0.246 e. The van der Waals surface area contributed by atoms with Crippen molar-refractivity contribution < 1.29 is 9.59 Å². The minimum absolute atomic E-state index is 0.0428. The van der Waals surface area contributed by atoms with E-state index < -0.39 is 0 Å². The third-order valence-corrected chi connectivity index (χ3v) is 4.52. The van der Waals surface area contributed by atoms with Crippen molar-refractivity contribution in [2.24, 2.45) is 11.8 Å². The third-order valence-electron chi connectivity index (χ3n) is 4.52. The Bertz CT molecular complexity index is 432. The van der Waals surface area contributed by atoms with Crippen LogP contribution in [-0.2, 0) is 9.59 Å². The molecule has 19 heavy (non-hydrogen) atoms. The van der Waals surface area contributed by atoms with E-state index in [1.807, 2.05) is 0 Å². The third kappa shape index (κ3) is 2.52. The molecule has 2 fully saturated rings. The zero-order valence-electron chi connectivity index (χ0n) is 11.3. The fourth-order valence-corrected chi connectivity index (χ4v) is 3.64. The van der Waals surface area contributed by atoms with Crippen LogP contribution in [0.5, 0.6) is 0 Å². The van der Waals surface area contributed by atoms with E-state index in [1.165, 1.54) is 13.3 Å². The largest absolute Gasteiger partial charge is 0.353 e. The van der Waals surface area contributed by atoms with Gasteiger partial charge in [0.2, 0.25) is 11.8 Å². The molecule has 3 aliphatic rings. The summed E-state index contributed by atoms with van der Waals surface area (Å²) in [5.74, 6) is 1.27. The zero-order valence-corrected chi connectivity index (χ0v) is 11.3. The molecule has 2 amide bonds. The Kier molecular flexibility index (Phi) is 3.31. The predicted molar refractivity (Wildman–Crippen MR) is 71.4 cm³/mol. The van der Waals surface area contributed by atoms with Crippen molar-refractivity contribution in [3.8, 4) is 0 Å². The summed E-state index contributed by atoms with van der Waals surface area (Å²) in [6.07, 6.45) is 3.86. The summed E-state index contributed by atoms with van der Waals surface area (Å²) in [7, 11) is 0. The highest BCUT2D eigenvalue weighted by atomic mass is 16.2. The van der Waals surface area contributed by atoms with E-state index in [0.29, 0.717) is 24.4 Å². The molecule has 5 heteroatoms. The van der Waals surface area contributed by atoms with Crippen LogP contribution < -0.4 is 10.6 Å². The zero-order chi connectivity index (χ0) is 13.4. The first-order chi connectivity index (χ1) is 9.13. The molecule has 0 aromatic heterocycles. The molecule has 104 valence electrons. The molecular formula is C14H21N3O2. The van der Waals surface area contributed by atoms with Crippen LogP contribution in [-0.4, -0.2) is 48.9 Å². The molecule has 0 aliphatic carbocycles. The van der Waals surface area contributed by atoms with Gasteiger partial charge in [-0.1, -0.05) is 0 Å². The molecule has 3 aliphatic heterocycles. The molecule has 3 heterocycles. The Hall–Kier alpha value is -1.36. The number of amides is 2. The van der Waals surface area contributed by atoms with Gasteiger partial charge in [0.05, 0.1) is 0 Å². The smallest absolute Gasteiger partial charge is 0.246 e. The average Bonchev–Trinajstić information content (AvgIpc) is 2.38. The number of carbonyl (C=O) groups excluding carboxylic acids is 2. The lowest BCUT2D eigenvalue weighted by Gasteiger charge is -2.49. The first-order valence-electron chi connectivity index (χ1n) is 7.08. The van der Waals surface area contributed by atoms with Gasteiger partial charge in [-0.3, -0.25) is 9.59 Å². The number of rotatable bonds is 2. The fraction of sp³-hybridized carbons (Fsp3) is 0.714. The second-order valence-electron chi connectivity index (χ2n) is 5.99. The molecule has 3 rings (SSSR count). The summed E-state index contributed by atoms with van der Waals surface area (Å²) < 4.78 is 0. The summed E-state index contributed by atoms with van der Waals surface area (Å²) in [4.78, 5) is 25.3. The van der Waals surface area contributed by atoms with Gasteiger partial charge in [-0.15, -0.1) is 0 Å². The van der Waals surface area contributed by atoms with Crippen LogP contribution in [0.2, 0.25) is 0 Å². The number of piperidine rings is 2. The monoisotopic (exact) mass is 263 g/mol. The number of nitrogens with one attached hydrogen (secondary N) is 2. The topological polar surface area (TPSA) is 61.4 Å². The van der Waals surface area contributed by atoms with E-state index in [1.54, 1.807) is 6.08 Å². The first-order valence-corrected chi connectivity index (χ1v) is 7.08. The van der Waals surface area contributed by atoms with Crippen molar-refractivity contribution in [3.05, 3.63) is 11.6 Å². The van der Waals surface area contributed by atoms with Crippen LogP contribution in [0.4, 0.5) is 0 Å². The van der Waals surface area contributed by atoms with E-state index in [2.05, 4.69) is 15.5 Å². The van der Waals surface area contributed by atoms with Crippen molar-refractivity contribution in [1.82, 2.24) is 15.5 Å². The maximum absolute atomic E-state index is 12.2. The Balaban J connectivity index is 1.74. The fourth-order valence-electron chi connectivity index (χ4n) is 3.64. The van der Waals surface area contributed by atoms with Crippen molar-refractivity contribution in [2.45, 2.75) is 25.8 Å². The average molecular weight is 263 g/mol. The SMILES string of the molecule is CC(=O)NCC1=CC(=O)N2CC3CNCC(C3)C2C1. The highest BCUT2D eigenvalue weighted by molar-refractivity contribution is 5.90. The molecule has 2 N–H and O–H groups in total. The molecule has 3 unspecified atom stereocenters. The van der Waals surface area contributed by atoms with E-state index >= 15 is 0 Å². The van der Waals surface area contributed by atoms with Crippen LogP contribution >= 0.6 is 0 Å². The van der Waals surface area contributed by atoms with Crippen molar-refractivity contribution in [2.75, 3.05) is 26.2 Å². The first kappa shape index (κ1) is 12.7. The van der Waals surface area contributed by atoms with Gasteiger partial charge in [0.1, 0.15) is 0 Å². The Morgan fingerprint density at radius 1 is 1.53 bits per heavy atom. The number of hydrogen-bond donors (Lipinski definition) is 2. The number of nitrogens with zero attached hydrogens (tertiary/aromatic N) is 1. The van der Waals surface area contributed by atoms with Gasteiger partial charge < -0.3 is 15.5 Å². The van der Waals surface area contributed by atoms with E-state index in [9.17, 15) is 9.59 Å². The standard InChI is InChI=1S/C14H21N3O2/c1-9(18)16-6-10-3-13-12-2-11(5-15-7-12)8-17(13)14(19)4-10/h4,11-13,15H,2-3,5-8H2,1H3,(H,16,18). The molecule has 2 saturated heterocycles. The van der Waals surface area contributed by atoms with Crippen LogP contribution in [0.1, 0.15) is 19.8 Å². The van der Waals surface area contributed by atoms with Crippen LogP contribution in [0.3, 0.4) is 0 Å². The van der Waals surface area contributed by atoms with Crippen LogP contribution in [0.25, 0.3) is 0 Å². The Morgan fingerprint density at radius 3 is 3.16 bits per heavy atom. The van der Waals surface area contributed by atoms with Crippen molar-refractivity contribution in [1.29, 1.82) is 0 Å². The summed E-state index contributed by atoms with van der Waals surface area (Å²) in [6, 6.07) is 0.324. The van der Waals surface area contributed by atoms with Gasteiger partial charge in [0, 0.05) is 32.1 Å². The van der Waals surface area contributed by atoms with Gasteiger partial charge in [0.15, 0.2) is 0 Å². The molecule has 0 aromatic rings. The maximum atomic E-state index is 12.2. The molecule has 0 saturated carbocycles. The summed E-state index contributed by atoms with van der Waals surface area (Å²) >= 11 is 0. The molecule has 0 aromatic carbocycles. The van der Waals surface area contributed by atoms with Gasteiger partial charge in [0.25, 0.3) is 0 Å². The molecule has 0 radical (unpaired) electrons. The van der Waals surface area contributed by atoms with Gasteiger partial charge in [-0.2, -0.15) is 0 Å². The van der Waals surface area contributed by atoms with Gasteiger partial charge >= 0.3 is 0 Å². The van der Waals surface area contributed by atoms with Crippen LogP contribution in [0, 0.1) is 11.8 Å². The minimum atomic E-state index is -0.0428. The second-order valence-corrected chi connectivity index (χ2v) is 5.99. The summed E-state index contributed by atoms with van der Waals surface area (Å²) in [6.45, 7) is 4.95. The molecule has 3 atom stereocenters. The highest BCUT2D eigenvalue weighted by Gasteiger charge is 2.41. The van der Waals surface area contributed by atoms with Crippen molar-refractivity contribution in [3.63, 3.8) is 0 Å². The highest BCUT2D eigenvalue weighted by Crippen LogP contribution is 2.35. The lowest BCUT2D eigenvalue weighted by Crippen LogP contribution is -2.59. The minimum Gasteiger partial charge on any atom is -0.353 e. The van der Waals surface area contributed by atoms with Gasteiger partial charge in [-0.05, 0) is 43.3 Å². The normalized spacial score (nSPS) is 33.5. The molecule has 5 nitrogen and oxygen atoms in total. The quantitative estimate of drug-likeness (QED) is 0.731. The number of fused-ring (bicyclic) bond motifs is 4. The lowest BCUT2D eigenvalue weighted by atomic mass is 9.76. The van der Waals surface area contributed by atoms with Gasteiger partial charge in [-0.25, -0.2) is 0 Å². The van der Waals surface area contributed by atoms with Crippen molar-refractivity contribution >= 4 is 11.8 Å². The van der Waals surface area contributed by atoms with E-state index in [-0.39, 0.29) is 11.8 Å². The predicted octanol–water partition coefficient (Wildman–Crippen LogP) is -0.111. The summed E-state index contributed by atoms with van der Waals surface area (Å²) in [5, 5.41) is 6.27. The molecular weight excluding hydrogens is 242 g/mol. The number of carbonyl (C=O) groups is 2. The molecule has 0 spiro atoms.